The lowest BCUT2D eigenvalue weighted by atomic mass is 9.87. The minimum atomic E-state index is 0.469. The largest absolute Gasteiger partial charge is 0.383 e. The van der Waals surface area contributed by atoms with E-state index in [-0.39, 0.29) is 0 Å². The summed E-state index contributed by atoms with van der Waals surface area (Å²) >= 11 is 0. The third-order valence-electron chi connectivity index (χ3n) is 3.67. The fourth-order valence-corrected chi connectivity index (χ4v) is 2.70. The fraction of sp³-hybridized carbons (Fsp3) is 0.600. The summed E-state index contributed by atoms with van der Waals surface area (Å²) in [5, 5.41) is 3.74. The lowest BCUT2D eigenvalue weighted by molar-refractivity contribution is 0.156. The van der Waals surface area contributed by atoms with Gasteiger partial charge in [-0.25, -0.2) is 0 Å². The van der Waals surface area contributed by atoms with Crippen LogP contribution < -0.4 is 5.32 Å². The minimum absolute atomic E-state index is 0.469. The lowest BCUT2D eigenvalue weighted by Gasteiger charge is -2.30. The van der Waals surface area contributed by atoms with Crippen LogP contribution in [0.5, 0.6) is 0 Å². The maximum atomic E-state index is 5.26. The quantitative estimate of drug-likeness (QED) is 0.844. The second-order valence-electron chi connectivity index (χ2n) is 4.87. The van der Waals surface area contributed by atoms with Crippen molar-refractivity contribution in [2.45, 2.75) is 44.7 Å². The first-order valence-electron chi connectivity index (χ1n) is 6.68. The molecular weight excluding hydrogens is 210 g/mol. The standard InChI is InChI=1S/C15H23NO/c1-3-13(11-17-2)16-15-10-6-8-12-7-4-5-9-14(12)15/h4-5,7,9,13,15-16H,3,6,8,10-11H2,1-2H3. The Kier molecular flexibility index (Phi) is 4.57. The summed E-state index contributed by atoms with van der Waals surface area (Å²) in [5.41, 5.74) is 3.01. The van der Waals surface area contributed by atoms with E-state index in [2.05, 4.69) is 36.5 Å². The minimum Gasteiger partial charge on any atom is -0.383 e. The molecule has 2 unspecified atom stereocenters. The summed E-state index contributed by atoms with van der Waals surface area (Å²) in [6.07, 6.45) is 4.89. The molecule has 2 atom stereocenters. The van der Waals surface area contributed by atoms with Crippen LogP contribution in [0.4, 0.5) is 0 Å². The smallest absolute Gasteiger partial charge is 0.0615 e. The van der Waals surface area contributed by atoms with E-state index in [9.17, 15) is 0 Å². The third-order valence-corrected chi connectivity index (χ3v) is 3.67. The predicted molar refractivity (Wildman–Crippen MR) is 71.2 cm³/mol. The number of hydrogen-bond donors (Lipinski definition) is 1. The molecule has 1 N–H and O–H groups in total. The van der Waals surface area contributed by atoms with Gasteiger partial charge in [-0.05, 0) is 36.8 Å². The van der Waals surface area contributed by atoms with E-state index < -0.39 is 0 Å². The summed E-state index contributed by atoms with van der Waals surface area (Å²) in [7, 11) is 1.78. The number of benzene rings is 1. The van der Waals surface area contributed by atoms with Crippen molar-refractivity contribution in [1.82, 2.24) is 5.32 Å². The van der Waals surface area contributed by atoms with Gasteiger partial charge in [-0.1, -0.05) is 31.2 Å². The van der Waals surface area contributed by atoms with Gasteiger partial charge in [0.05, 0.1) is 6.61 Å². The average molecular weight is 233 g/mol. The molecule has 2 heteroatoms. The van der Waals surface area contributed by atoms with Crippen molar-refractivity contribution in [3.63, 3.8) is 0 Å². The summed E-state index contributed by atoms with van der Waals surface area (Å²) in [6.45, 7) is 3.01. The zero-order valence-electron chi connectivity index (χ0n) is 10.9. The van der Waals surface area contributed by atoms with Crippen LogP contribution in [-0.4, -0.2) is 19.8 Å². The molecule has 1 aromatic carbocycles. The molecule has 1 aliphatic rings. The Hall–Kier alpha value is -0.860. The molecule has 0 aliphatic heterocycles. The number of aryl methyl sites for hydroxylation is 1. The highest BCUT2D eigenvalue weighted by atomic mass is 16.5. The number of ether oxygens (including phenoxy) is 1. The van der Waals surface area contributed by atoms with E-state index in [0.717, 1.165) is 13.0 Å². The van der Waals surface area contributed by atoms with Gasteiger partial charge in [-0.2, -0.15) is 0 Å². The van der Waals surface area contributed by atoms with Gasteiger partial charge in [-0.15, -0.1) is 0 Å². The predicted octanol–water partition coefficient (Wildman–Crippen LogP) is 3.08. The van der Waals surface area contributed by atoms with Gasteiger partial charge in [0, 0.05) is 19.2 Å². The Morgan fingerprint density at radius 1 is 1.41 bits per heavy atom. The van der Waals surface area contributed by atoms with Gasteiger partial charge >= 0.3 is 0 Å². The number of hydrogen-bond acceptors (Lipinski definition) is 2. The average Bonchev–Trinajstić information content (AvgIpc) is 2.38. The van der Waals surface area contributed by atoms with Gasteiger partial charge in [0.2, 0.25) is 0 Å². The van der Waals surface area contributed by atoms with Crippen molar-refractivity contribution in [1.29, 1.82) is 0 Å². The van der Waals surface area contributed by atoms with Gasteiger partial charge in [0.1, 0.15) is 0 Å². The van der Waals surface area contributed by atoms with Gasteiger partial charge in [-0.3, -0.25) is 0 Å². The molecule has 2 rings (SSSR count). The highest BCUT2D eigenvalue weighted by molar-refractivity contribution is 5.32. The normalized spacial score (nSPS) is 20.9. The van der Waals surface area contributed by atoms with Crippen molar-refractivity contribution in [2.75, 3.05) is 13.7 Å². The first-order valence-corrected chi connectivity index (χ1v) is 6.68. The van der Waals surface area contributed by atoms with E-state index in [1.165, 1.54) is 30.4 Å². The fourth-order valence-electron chi connectivity index (χ4n) is 2.70. The zero-order chi connectivity index (χ0) is 12.1. The van der Waals surface area contributed by atoms with Crippen LogP contribution in [0.3, 0.4) is 0 Å². The molecule has 94 valence electrons. The van der Waals surface area contributed by atoms with Crippen molar-refractivity contribution in [2.24, 2.45) is 0 Å². The summed E-state index contributed by atoms with van der Waals surface area (Å²) in [5.74, 6) is 0. The van der Waals surface area contributed by atoms with E-state index in [4.69, 9.17) is 4.74 Å². The summed E-state index contributed by atoms with van der Waals surface area (Å²) in [4.78, 5) is 0. The SMILES string of the molecule is CCC(COC)NC1CCCc2ccccc21. The molecule has 0 aromatic heterocycles. The molecule has 17 heavy (non-hydrogen) atoms. The van der Waals surface area contributed by atoms with Crippen LogP contribution in [0, 0.1) is 0 Å². The van der Waals surface area contributed by atoms with Gasteiger partial charge < -0.3 is 10.1 Å². The van der Waals surface area contributed by atoms with E-state index in [1.807, 2.05) is 0 Å². The number of rotatable bonds is 5. The van der Waals surface area contributed by atoms with Crippen LogP contribution in [0.15, 0.2) is 24.3 Å². The molecule has 1 aliphatic carbocycles. The monoisotopic (exact) mass is 233 g/mol. The van der Waals surface area contributed by atoms with E-state index in [1.54, 1.807) is 7.11 Å². The summed E-state index contributed by atoms with van der Waals surface area (Å²) in [6, 6.07) is 9.81. The van der Waals surface area contributed by atoms with E-state index in [0.29, 0.717) is 12.1 Å². The Morgan fingerprint density at radius 3 is 3.00 bits per heavy atom. The first-order chi connectivity index (χ1) is 8.35. The Bertz CT molecular complexity index is 351. The molecule has 0 spiro atoms. The van der Waals surface area contributed by atoms with Crippen molar-refractivity contribution in [3.8, 4) is 0 Å². The molecule has 2 nitrogen and oxygen atoms in total. The molecule has 0 fully saturated rings. The molecule has 0 amide bonds. The zero-order valence-corrected chi connectivity index (χ0v) is 10.9. The van der Waals surface area contributed by atoms with Crippen molar-refractivity contribution in [3.05, 3.63) is 35.4 Å². The van der Waals surface area contributed by atoms with E-state index >= 15 is 0 Å². The third kappa shape index (κ3) is 3.08. The highest BCUT2D eigenvalue weighted by Gasteiger charge is 2.21. The molecule has 0 radical (unpaired) electrons. The van der Waals surface area contributed by atoms with Crippen LogP contribution >= 0.6 is 0 Å². The Morgan fingerprint density at radius 2 is 2.24 bits per heavy atom. The second kappa shape index (κ2) is 6.18. The number of nitrogens with one attached hydrogen (secondary N) is 1. The molecule has 1 aromatic rings. The maximum Gasteiger partial charge on any atom is 0.0615 e. The Labute approximate surface area is 104 Å². The van der Waals surface area contributed by atoms with Crippen LogP contribution in [-0.2, 0) is 11.2 Å². The van der Waals surface area contributed by atoms with Gasteiger partial charge in [0.25, 0.3) is 0 Å². The van der Waals surface area contributed by atoms with Crippen LogP contribution in [0.2, 0.25) is 0 Å². The van der Waals surface area contributed by atoms with Crippen LogP contribution in [0.25, 0.3) is 0 Å². The van der Waals surface area contributed by atoms with Crippen molar-refractivity contribution < 1.29 is 4.74 Å². The topological polar surface area (TPSA) is 21.3 Å². The van der Waals surface area contributed by atoms with Crippen molar-refractivity contribution >= 4 is 0 Å². The molecule has 0 heterocycles. The molecule has 0 saturated carbocycles. The molecular formula is C15H23NO. The van der Waals surface area contributed by atoms with Crippen LogP contribution in [0.1, 0.15) is 43.4 Å². The first kappa shape index (κ1) is 12.6. The Balaban J connectivity index is 2.07. The lowest BCUT2D eigenvalue weighted by Crippen LogP contribution is -2.37. The molecule has 0 saturated heterocycles. The second-order valence-corrected chi connectivity index (χ2v) is 4.87. The molecule has 0 bridgehead atoms. The number of methoxy groups -OCH3 is 1. The highest BCUT2D eigenvalue weighted by Crippen LogP contribution is 2.29. The maximum absolute atomic E-state index is 5.26. The summed E-state index contributed by atoms with van der Waals surface area (Å²) < 4.78 is 5.26. The van der Waals surface area contributed by atoms with Gasteiger partial charge in [0.15, 0.2) is 0 Å². The number of fused-ring (bicyclic) bond motifs is 1.